The zero-order valence-electron chi connectivity index (χ0n) is 10.5. The summed E-state index contributed by atoms with van der Waals surface area (Å²) in [5.74, 6) is -0.232. The Hall–Kier alpha value is -2.41. The first kappa shape index (κ1) is 12.6. The molecule has 0 saturated heterocycles. The van der Waals surface area contributed by atoms with Gasteiger partial charge in [0.15, 0.2) is 0 Å². The number of carbonyl (C=O) groups is 1. The van der Waals surface area contributed by atoms with Gasteiger partial charge in [0.05, 0.1) is 6.54 Å². The maximum absolute atomic E-state index is 12.1. The Morgan fingerprint density at radius 1 is 1.35 bits per heavy atom. The predicted octanol–water partition coefficient (Wildman–Crippen LogP) is 0.874. The highest BCUT2D eigenvalue weighted by Gasteiger charge is 2.08. The van der Waals surface area contributed by atoms with Gasteiger partial charge >= 0.3 is 0 Å². The largest absolute Gasteiger partial charge is 0.350 e. The molecule has 1 N–H and O–H groups in total. The van der Waals surface area contributed by atoms with Crippen LogP contribution in [0.3, 0.4) is 0 Å². The van der Waals surface area contributed by atoms with Crippen molar-refractivity contribution in [2.24, 2.45) is 0 Å². The lowest BCUT2D eigenvalue weighted by Crippen LogP contribution is -2.33. The van der Waals surface area contributed by atoms with Gasteiger partial charge in [0, 0.05) is 11.1 Å². The molecule has 0 aromatic carbocycles. The Labute approximate surface area is 118 Å². The summed E-state index contributed by atoms with van der Waals surface area (Å²) in [4.78, 5) is 25.0. The standard InChI is InChI=1S/C13H12N4O2S/c18-12(14-7-10-3-2-6-20-10)8-17-13(19)11-4-1-5-16(11)9-15-17/h1-6,9H,7-8H2,(H,14,18). The molecule has 0 bridgehead atoms. The number of fused-ring (bicyclic) bond motifs is 1. The third-order valence-electron chi connectivity index (χ3n) is 2.88. The third kappa shape index (κ3) is 2.48. The van der Waals surface area contributed by atoms with Gasteiger partial charge in [-0.2, -0.15) is 5.10 Å². The van der Waals surface area contributed by atoms with E-state index in [1.54, 1.807) is 34.1 Å². The van der Waals surface area contributed by atoms with Crippen molar-refractivity contribution < 1.29 is 4.79 Å². The number of rotatable bonds is 4. The molecule has 3 aromatic heterocycles. The molecule has 0 aliphatic heterocycles. The van der Waals surface area contributed by atoms with Gasteiger partial charge < -0.3 is 9.72 Å². The quantitative estimate of drug-likeness (QED) is 0.774. The van der Waals surface area contributed by atoms with Crippen LogP contribution >= 0.6 is 11.3 Å². The van der Waals surface area contributed by atoms with E-state index in [9.17, 15) is 9.59 Å². The van der Waals surface area contributed by atoms with E-state index in [2.05, 4.69) is 10.4 Å². The normalized spacial score (nSPS) is 10.8. The molecular weight excluding hydrogens is 276 g/mol. The van der Waals surface area contributed by atoms with Gasteiger partial charge in [-0.05, 0) is 23.6 Å². The Bertz CT molecular complexity index is 788. The summed E-state index contributed by atoms with van der Waals surface area (Å²) < 4.78 is 2.79. The Morgan fingerprint density at radius 3 is 3.05 bits per heavy atom. The zero-order valence-corrected chi connectivity index (χ0v) is 11.3. The molecule has 0 spiro atoms. The van der Waals surface area contributed by atoms with Crippen molar-refractivity contribution in [3.63, 3.8) is 0 Å². The highest BCUT2D eigenvalue weighted by molar-refractivity contribution is 7.09. The van der Waals surface area contributed by atoms with Crippen molar-refractivity contribution in [2.75, 3.05) is 0 Å². The van der Waals surface area contributed by atoms with Crippen LogP contribution < -0.4 is 10.9 Å². The molecule has 0 aliphatic carbocycles. The fraction of sp³-hybridized carbons (Fsp3) is 0.154. The maximum atomic E-state index is 12.1. The molecule has 3 rings (SSSR count). The van der Waals surface area contributed by atoms with Crippen LogP contribution in [0, 0.1) is 0 Å². The summed E-state index contributed by atoms with van der Waals surface area (Å²) in [6.45, 7) is 0.393. The van der Waals surface area contributed by atoms with Crippen LogP contribution in [0.5, 0.6) is 0 Å². The van der Waals surface area contributed by atoms with Crippen LogP contribution in [-0.2, 0) is 17.9 Å². The fourth-order valence-corrected chi connectivity index (χ4v) is 2.53. The SMILES string of the molecule is O=C(Cn1ncn2cccc2c1=O)NCc1cccs1. The molecule has 1 amide bonds. The fourth-order valence-electron chi connectivity index (χ4n) is 1.88. The van der Waals surface area contributed by atoms with E-state index < -0.39 is 0 Å². The van der Waals surface area contributed by atoms with Gasteiger partial charge in [-0.15, -0.1) is 11.3 Å². The van der Waals surface area contributed by atoms with E-state index in [-0.39, 0.29) is 18.0 Å². The number of nitrogens with one attached hydrogen (secondary N) is 1. The Kier molecular flexibility index (Phi) is 3.34. The molecule has 0 fully saturated rings. The molecule has 6 nitrogen and oxygen atoms in total. The Morgan fingerprint density at radius 2 is 2.25 bits per heavy atom. The summed E-state index contributed by atoms with van der Waals surface area (Å²) in [6, 6.07) is 7.34. The highest BCUT2D eigenvalue weighted by atomic mass is 32.1. The number of aromatic nitrogens is 3. The average molecular weight is 288 g/mol. The van der Waals surface area contributed by atoms with Crippen molar-refractivity contribution in [2.45, 2.75) is 13.1 Å². The lowest BCUT2D eigenvalue weighted by molar-refractivity contribution is -0.122. The third-order valence-corrected chi connectivity index (χ3v) is 3.76. The number of hydrogen-bond donors (Lipinski definition) is 1. The first-order valence-corrected chi connectivity index (χ1v) is 6.94. The van der Waals surface area contributed by atoms with Crippen LogP contribution in [0.15, 0.2) is 47.0 Å². The molecule has 3 heterocycles. The molecule has 0 radical (unpaired) electrons. The topological polar surface area (TPSA) is 68.4 Å². The lowest BCUT2D eigenvalue weighted by Gasteiger charge is -2.06. The van der Waals surface area contributed by atoms with Crippen LogP contribution in [-0.4, -0.2) is 20.1 Å². The lowest BCUT2D eigenvalue weighted by atomic mass is 10.4. The predicted molar refractivity (Wildman–Crippen MR) is 75.6 cm³/mol. The van der Waals surface area contributed by atoms with Crippen molar-refractivity contribution in [3.8, 4) is 0 Å². The summed E-state index contributed by atoms with van der Waals surface area (Å²) in [7, 11) is 0. The molecule has 102 valence electrons. The summed E-state index contributed by atoms with van der Waals surface area (Å²) in [6.07, 6.45) is 3.26. The van der Waals surface area contributed by atoms with E-state index in [4.69, 9.17) is 0 Å². The van der Waals surface area contributed by atoms with Crippen LogP contribution in [0.25, 0.3) is 5.52 Å². The van der Waals surface area contributed by atoms with Crippen molar-refractivity contribution in [3.05, 3.63) is 57.4 Å². The van der Waals surface area contributed by atoms with Crippen molar-refractivity contribution in [1.29, 1.82) is 0 Å². The number of nitrogens with zero attached hydrogens (tertiary/aromatic N) is 3. The van der Waals surface area contributed by atoms with Gasteiger partial charge in [-0.3, -0.25) is 9.59 Å². The second-order valence-electron chi connectivity index (χ2n) is 4.25. The van der Waals surface area contributed by atoms with E-state index in [1.807, 2.05) is 17.5 Å². The molecule has 20 heavy (non-hydrogen) atoms. The summed E-state index contributed by atoms with van der Waals surface area (Å²) in [5, 5.41) is 8.69. The summed E-state index contributed by atoms with van der Waals surface area (Å²) >= 11 is 1.58. The van der Waals surface area contributed by atoms with E-state index in [1.165, 1.54) is 11.0 Å². The Balaban J connectivity index is 1.71. The van der Waals surface area contributed by atoms with Gasteiger partial charge in [-0.1, -0.05) is 6.07 Å². The second kappa shape index (κ2) is 5.30. The number of amides is 1. The van der Waals surface area contributed by atoms with Gasteiger partial charge in [0.25, 0.3) is 5.56 Å². The van der Waals surface area contributed by atoms with Crippen molar-refractivity contribution >= 4 is 22.8 Å². The van der Waals surface area contributed by atoms with Crippen LogP contribution in [0.2, 0.25) is 0 Å². The number of carbonyl (C=O) groups excluding carboxylic acids is 1. The minimum Gasteiger partial charge on any atom is -0.350 e. The zero-order chi connectivity index (χ0) is 13.9. The molecule has 0 saturated carbocycles. The van der Waals surface area contributed by atoms with Crippen LogP contribution in [0.4, 0.5) is 0 Å². The summed E-state index contributed by atoms with van der Waals surface area (Å²) in [5.41, 5.74) is 0.231. The first-order valence-electron chi connectivity index (χ1n) is 6.06. The molecule has 7 heteroatoms. The maximum Gasteiger partial charge on any atom is 0.291 e. The number of hydrogen-bond acceptors (Lipinski definition) is 4. The van der Waals surface area contributed by atoms with Gasteiger partial charge in [-0.25, -0.2) is 4.68 Å². The van der Waals surface area contributed by atoms with E-state index in [0.29, 0.717) is 12.1 Å². The average Bonchev–Trinajstić information content (AvgIpc) is 3.10. The van der Waals surface area contributed by atoms with Crippen LogP contribution in [0.1, 0.15) is 4.88 Å². The number of thiophene rings is 1. The minimum atomic E-state index is -0.274. The monoisotopic (exact) mass is 288 g/mol. The van der Waals surface area contributed by atoms with E-state index in [0.717, 1.165) is 4.88 Å². The van der Waals surface area contributed by atoms with Gasteiger partial charge in [0.2, 0.25) is 5.91 Å². The molecule has 0 unspecified atom stereocenters. The van der Waals surface area contributed by atoms with Gasteiger partial charge in [0.1, 0.15) is 18.4 Å². The van der Waals surface area contributed by atoms with Crippen molar-refractivity contribution in [1.82, 2.24) is 19.5 Å². The smallest absolute Gasteiger partial charge is 0.291 e. The minimum absolute atomic E-state index is 0.0775. The molecule has 0 atom stereocenters. The second-order valence-corrected chi connectivity index (χ2v) is 5.28. The van der Waals surface area contributed by atoms with E-state index >= 15 is 0 Å². The molecule has 3 aromatic rings. The first-order chi connectivity index (χ1) is 9.74. The highest BCUT2D eigenvalue weighted by Crippen LogP contribution is 2.07. The molecule has 0 aliphatic rings. The molecular formula is C13H12N4O2S.